The minimum atomic E-state index is -0.186. The highest BCUT2D eigenvalue weighted by Gasteiger charge is 2.27. The van der Waals surface area contributed by atoms with Gasteiger partial charge in [-0.3, -0.25) is 9.59 Å². The Morgan fingerprint density at radius 1 is 1.43 bits per heavy atom. The van der Waals surface area contributed by atoms with E-state index in [-0.39, 0.29) is 18.4 Å². The molecule has 1 fully saturated rings. The summed E-state index contributed by atoms with van der Waals surface area (Å²) in [5.74, 6) is 0.884. The molecule has 2 amide bonds. The number of rotatable bonds is 2. The third-order valence-electron chi connectivity index (χ3n) is 3.61. The zero-order valence-electron chi connectivity index (χ0n) is 11.9. The highest BCUT2D eigenvalue weighted by Crippen LogP contribution is 2.30. The monoisotopic (exact) mass is 288 g/mol. The fraction of sp³-hybridized carbons (Fsp3) is 0.333. The van der Waals surface area contributed by atoms with Crippen LogP contribution in [0.25, 0.3) is 11.0 Å². The number of nitrogens with one attached hydrogen (secondary N) is 1. The minimum Gasteiger partial charge on any atom is -0.497 e. The predicted octanol–water partition coefficient (Wildman–Crippen LogP) is 1.32. The Kier molecular flexibility index (Phi) is 3.29. The molecule has 0 saturated carbocycles. The molecule has 1 aliphatic rings. The first-order valence-electron chi connectivity index (χ1n) is 6.73. The number of hydrogen-bond acceptors (Lipinski definition) is 4. The summed E-state index contributed by atoms with van der Waals surface area (Å²) >= 11 is 0. The van der Waals surface area contributed by atoms with Crippen LogP contribution >= 0.6 is 0 Å². The van der Waals surface area contributed by atoms with Gasteiger partial charge in [-0.15, -0.1) is 0 Å². The van der Waals surface area contributed by atoms with Crippen molar-refractivity contribution in [2.24, 2.45) is 0 Å². The number of fused-ring (bicyclic) bond motifs is 1. The zero-order valence-corrected chi connectivity index (χ0v) is 11.9. The van der Waals surface area contributed by atoms with Crippen LogP contribution in [0.15, 0.2) is 22.6 Å². The smallest absolute Gasteiger partial charge is 0.258 e. The molecule has 0 aliphatic carbocycles. The van der Waals surface area contributed by atoms with Gasteiger partial charge < -0.3 is 19.4 Å². The Balaban J connectivity index is 2.04. The van der Waals surface area contributed by atoms with Crippen LogP contribution in [-0.4, -0.2) is 43.5 Å². The molecule has 0 atom stereocenters. The lowest BCUT2D eigenvalue weighted by Gasteiger charge is -2.26. The molecule has 1 aromatic carbocycles. The number of hydrogen-bond donors (Lipinski definition) is 1. The summed E-state index contributed by atoms with van der Waals surface area (Å²) in [4.78, 5) is 25.7. The van der Waals surface area contributed by atoms with Crippen molar-refractivity contribution in [3.8, 4) is 5.75 Å². The topological polar surface area (TPSA) is 71.8 Å². The van der Waals surface area contributed by atoms with E-state index in [2.05, 4.69) is 5.32 Å². The molecule has 110 valence electrons. The van der Waals surface area contributed by atoms with Crippen LogP contribution in [0.5, 0.6) is 5.75 Å². The van der Waals surface area contributed by atoms with Crippen molar-refractivity contribution in [1.29, 1.82) is 0 Å². The van der Waals surface area contributed by atoms with E-state index in [1.54, 1.807) is 32.2 Å². The number of carbonyl (C=O) groups is 2. The lowest BCUT2D eigenvalue weighted by molar-refractivity contribution is -0.123. The molecular formula is C15H16N2O4. The van der Waals surface area contributed by atoms with Gasteiger partial charge in [-0.25, -0.2) is 0 Å². The Bertz CT molecular complexity index is 720. The van der Waals surface area contributed by atoms with Gasteiger partial charge in [0.15, 0.2) is 0 Å². The second-order valence-electron chi connectivity index (χ2n) is 4.97. The van der Waals surface area contributed by atoms with Crippen molar-refractivity contribution in [2.45, 2.75) is 6.92 Å². The van der Waals surface area contributed by atoms with Crippen LogP contribution in [0.2, 0.25) is 0 Å². The summed E-state index contributed by atoms with van der Waals surface area (Å²) in [7, 11) is 1.57. The second-order valence-corrected chi connectivity index (χ2v) is 4.97. The van der Waals surface area contributed by atoms with Crippen LogP contribution in [0.3, 0.4) is 0 Å². The number of nitrogens with zero attached hydrogens (tertiary/aromatic N) is 1. The summed E-state index contributed by atoms with van der Waals surface area (Å²) in [5, 5.41) is 3.42. The third kappa shape index (κ3) is 2.33. The number of ether oxygens (including phenoxy) is 1. The van der Waals surface area contributed by atoms with Crippen molar-refractivity contribution in [3.63, 3.8) is 0 Å². The van der Waals surface area contributed by atoms with Crippen molar-refractivity contribution in [1.82, 2.24) is 10.2 Å². The zero-order chi connectivity index (χ0) is 15.0. The summed E-state index contributed by atoms with van der Waals surface area (Å²) in [5.41, 5.74) is 1.14. The molecule has 0 bridgehead atoms. The van der Waals surface area contributed by atoms with Gasteiger partial charge >= 0.3 is 0 Å². The van der Waals surface area contributed by atoms with E-state index in [0.29, 0.717) is 41.1 Å². The molecule has 2 heterocycles. The van der Waals surface area contributed by atoms with Gasteiger partial charge in [0.1, 0.15) is 17.1 Å². The highest BCUT2D eigenvalue weighted by molar-refractivity contribution is 6.08. The molecule has 2 aromatic rings. The lowest BCUT2D eigenvalue weighted by Crippen LogP contribution is -2.50. The van der Waals surface area contributed by atoms with Gasteiger partial charge in [-0.05, 0) is 25.1 Å². The summed E-state index contributed by atoms with van der Waals surface area (Å²) < 4.78 is 10.8. The SMILES string of the molecule is COc1ccc2oc(C)c(C(=O)N3CCNC(=O)C3)c2c1. The predicted molar refractivity (Wildman–Crippen MR) is 76.4 cm³/mol. The maximum Gasteiger partial charge on any atom is 0.258 e. The van der Waals surface area contributed by atoms with Gasteiger partial charge in [0.05, 0.1) is 19.2 Å². The molecule has 6 heteroatoms. The van der Waals surface area contributed by atoms with Crippen molar-refractivity contribution in [3.05, 3.63) is 29.5 Å². The van der Waals surface area contributed by atoms with Gasteiger partial charge in [0.2, 0.25) is 5.91 Å². The fourth-order valence-electron chi connectivity index (χ4n) is 2.56. The average molecular weight is 288 g/mol. The molecule has 0 spiro atoms. The molecule has 21 heavy (non-hydrogen) atoms. The highest BCUT2D eigenvalue weighted by atomic mass is 16.5. The van der Waals surface area contributed by atoms with Gasteiger partial charge in [0.25, 0.3) is 5.91 Å². The molecule has 1 N–H and O–H groups in total. The number of furan rings is 1. The van der Waals surface area contributed by atoms with Crippen LogP contribution in [0, 0.1) is 6.92 Å². The first kappa shape index (κ1) is 13.5. The summed E-state index contributed by atoms with van der Waals surface area (Å²) in [6.45, 7) is 2.81. The summed E-state index contributed by atoms with van der Waals surface area (Å²) in [6.07, 6.45) is 0. The third-order valence-corrected chi connectivity index (χ3v) is 3.61. The largest absolute Gasteiger partial charge is 0.497 e. The van der Waals surface area contributed by atoms with Gasteiger partial charge in [-0.2, -0.15) is 0 Å². The van der Waals surface area contributed by atoms with E-state index in [4.69, 9.17) is 9.15 Å². The molecule has 0 unspecified atom stereocenters. The molecule has 3 rings (SSSR count). The number of carbonyl (C=O) groups excluding carboxylic acids is 2. The van der Waals surface area contributed by atoms with Crippen molar-refractivity contribution in [2.75, 3.05) is 26.7 Å². The number of benzene rings is 1. The van der Waals surface area contributed by atoms with Gasteiger partial charge in [-0.1, -0.05) is 0 Å². The first-order chi connectivity index (χ1) is 10.1. The van der Waals surface area contributed by atoms with E-state index in [1.165, 1.54) is 4.90 Å². The van der Waals surface area contributed by atoms with E-state index in [1.807, 2.05) is 0 Å². The van der Waals surface area contributed by atoms with Crippen molar-refractivity contribution >= 4 is 22.8 Å². The maximum absolute atomic E-state index is 12.7. The minimum absolute atomic E-state index is 0.0783. The summed E-state index contributed by atoms with van der Waals surface area (Å²) in [6, 6.07) is 5.35. The standard InChI is InChI=1S/C15H16N2O4/c1-9-14(15(19)17-6-5-16-13(18)8-17)11-7-10(20-2)3-4-12(11)21-9/h3-4,7H,5-6,8H2,1-2H3,(H,16,18). The van der Waals surface area contributed by atoms with Gasteiger partial charge in [0, 0.05) is 18.5 Å². The van der Waals surface area contributed by atoms with Crippen LogP contribution < -0.4 is 10.1 Å². The van der Waals surface area contributed by atoms with Crippen LogP contribution in [0.4, 0.5) is 0 Å². The quantitative estimate of drug-likeness (QED) is 0.904. The van der Waals surface area contributed by atoms with E-state index < -0.39 is 0 Å². The number of aryl methyl sites for hydroxylation is 1. The maximum atomic E-state index is 12.7. The molecule has 6 nitrogen and oxygen atoms in total. The first-order valence-corrected chi connectivity index (χ1v) is 6.73. The van der Waals surface area contributed by atoms with E-state index in [0.717, 1.165) is 0 Å². The Labute approximate surface area is 121 Å². The van der Waals surface area contributed by atoms with Crippen molar-refractivity contribution < 1.29 is 18.7 Å². The van der Waals surface area contributed by atoms with Crippen LogP contribution in [-0.2, 0) is 4.79 Å². The lowest BCUT2D eigenvalue weighted by atomic mass is 10.1. The van der Waals surface area contributed by atoms with Crippen LogP contribution in [0.1, 0.15) is 16.1 Å². The second kappa shape index (κ2) is 5.12. The normalized spacial score (nSPS) is 15.1. The average Bonchev–Trinajstić information content (AvgIpc) is 2.81. The Morgan fingerprint density at radius 3 is 2.95 bits per heavy atom. The molecule has 1 saturated heterocycles. The number of methoxy groups -OCH3 is 1. The fourth-order valence-corrected chi connectivity index (χ4v) is 2.56. The Hall–Kier alpha value is -2.50. The molecule has 1 aliphatic heterocycles. The molecule has 1 aromatic heterocycles. The molecule has 0 radical (unpaired) electrons. The van der Waals surface area contributed by atoms with E-state index in [9.17, 15) is 9.59 Å². The number of amides is 2. The van der Waals surface area contributed by atoms with E-state index >= 15 is 0 Å². The number of piperazine rings is 1. The Morgan fingerprint density at radius 2 is 2.24 bits per heavy atom. The molecular weight excluding hydrogens is 272 g/mol.